The van der Waals surface area contributed by atoms with Gasteiger partial charge in [-0.2, -0.15) is 0 Å². The molecule has 0 N–H and O–H groups in total. The lowest BCUT2D eigenvalue weighted by molar-refractivity contribution is 0.0831. The lowest BCUT2D eigenvalue weighted by Gasteiger charge is -2.13. The maximum atomic E-state index is 13.5. The molecule has 32 heavy (non-hydrogen) atoms. The molecule has 0 aliphatic carbocycles. The van der Waals surface area contributed by atoms with Gasteiger partial charge in [0.05, 0.1) is 23.4 Å². The number of nitrogens with zero attached hydrogens (tertiary/aromatic N) is 3. The van der Waals surface area contributed by atoms with Crippen molar-refractivity contribution in [3.8, 4) is 0 Å². The van der Waals surface area contributed by atoms with E-state index < -0.39 is 0 Å². The lowest BCUT2D eigenvalue weighted by Crippen LogP contribution is -2.40. The molecule has 1 amide bonds. The zero-order valence-corrected chi connectivity index (χ0v) is 19.4. The van der Waals surface area contributed by atoms with E-state index >= 15 is 0 Å². The molecule has 7 heteroatoms. The first-order valence-electron chi connectivity index (χ1n) is 10.4. The van der Waals surface area contributed by atoms with Gasteiger partial charge >= 0.3 is 5.69 Å². The summed E-state index contributed by atoms with van der Waals surface area (Å²) in [6, 6.07) is 17.4. The Labute approximate surface area is 190 Å². The van der Waals surface area contributed by atoms with Crippen LogP contribution >= 0.6 is 11.3 Å². The molecular formula is C25H25N3O3S. The van der Waals surface area contributed by atoms with Crippen molar-refractivity contribution < 1.29 is 4.79 Å². The van der Waals surface area contributed by atoms with Gasteiger partial charge in [-0.25, -0.2) is 4.79 Å². The van der Waals surface area contributed by atoms with Crippen LogP contribution in [0.5, 0.6) is 0 Å². The molecule has 0 aliphatic rings. The Kier molecular flexibility index (Phi) is 5.84. The number of fused-ring (bicyclic) bond motifs is 1. The molecule has 4 aromatic rings. The fourth-order valence-corrected chi connectivity index (χ4v) is 5.04. The van der Waals surface area contributed by atoms with Crippen molar-refractivity contribution in [3.63, 3.8) is 0 Å². The third kappa shape index (κ3) is 3.91. The van der Waals surface area contributed by atoms with Crippen molar-refractivity contribution in [1.29, 1.82) is 0 Å². The molecule has 0 saturated heterocycles. The lowest BCUT2D eigenvalue weighted by atomic mass is 10.1. The Hall–Kier alpha value is -3.45. The van der Waals surface area contributed by atoms with Crippen molar-refractivity contribution in [2.75, 3.05) is 14.1 Å². The largest absolute Gasteiger partial charge is 0.344 e. The Morgan fingerprint density at radius 1 is 0.875 bits per heavy atom. The van der Waals surface area contributed by atoms with Crippen molar-refractivity contribution in [1.82, 2.24) is 14.0 Å². The van der Waals surface area contributed by atoms with Gasteiger partial charge < -0.3 is 4.90 Å². The van der Waals surface area contributed by atoms with Crippen molar-refractivity contribution in [2.45, 2.75) is 26.9 Å². The van der Waals surface area contributed by atoms with E-state index in [1.165, 1.54) is 20.8 Å². The molecule has 2 heterocycles. The summed E-state index contributed by atoms with van der Waals surface area (Å²) < 4.78 is 2.89. The van der Waals surface area contributed by atoms with Crippen LogP contribution in [0, 0.1) is 13.8 Å². The quantitative estimate of drug-likeness (QED) is 0.469. The first-order chi connectivity index (χ1) is 15.3. The van der Waals surface area contributed by atoms with Gasteiger partial charge in [0.15, 0.2) is 0 Å². The van der Waals surface area contributed by atoms with Crippen LogP contribution in [-0.2, 0) is 13.1 Å². The summed E-state index contributed by atoms with van der Waals surface area (Å²) in [5.41, 5.74) is 2.83. The van der Waals surface area contributed by atoms with Gasteiger partial charge in [0.2, 0.25) is 0 Å². The second-order valence-electron chi connectivity index (χ2n) is 8.17. The van der Waals surface area contributed by atoms with Crippen LogP contribution in [0.4, 0.5) is 0 Å². The van der Waals surface area contributed by atoms with E-state index in [9.17, 15) is 14.4 Å². The molecule has 0 fully saturated rings. The number of hydrogen-bond donors (Lipinski definition) is 0. The molecule has 164 valence electrons. The summed E-state index contributed by atoms with van der Waals surface area (Å²) in [6.45, 7) is 4.29. The average molecular weight is 448 g/mol. The molecule has 6 nitrogen and oxygen atoms in total. The van der Waals surface area contributed by atoms with Gasteiger partial charge in [-0.05, 0) is 30.5 Å². The highest BCUT2D eigenvalue weighted by Gasteiger charge is 2.24. The van der Waals surface area contributed by atoms with Crippen molar-refractivity contribution in [2.24, 2.45) is 0 Å². The molecular weight excluding hydrogens is 422 g/mol. The van der Waals surface area contributed by atoms with Crippen molar-refractivity contribution >= 4 is 27.5 Å². The minimum atomic E-state index is -0.378. The van der Waals surface area contributed by atoms with Crippen LogP contribution in [0.25, 0.3) is 10.2 Å². The monoisotopic (exact) mass is 447 g/mol. The van der Waals surface area contributed by atoms with Crippen LogP contribution in [0.1, 0.15) is 31.9 Å². The molecule has 0 saturated carbocycles. The molecule has 0 unspecified atom stereocenters. The van der Waals surface area contributed by atoms with E-state index in [0.717, 1.165) is 16.7 Å². The van der Waals surface area contributed by atoms with Gasteiger partial charge in [0.25, 0.3) is 11.5 Å². The minimum Gasteiger partial charge on any atom is -0.344 e. The third-order valence-electron chi connectivity index (χ3n) is 5.54. The van der Waals surface area contributed by atoms with E-state index in [-0.39, 0.29) is 23.7 Å². The van der Waals surface area contributed by atoms with Crippen molar-refractivity contribution in [3.05, 3.63) is 103 Å². The van der Waals surface area contributed by atoms with E-state index in [2.05, 4.69) is 0 Å². The van der Waals surface area contributed by atoms with Gasteiger partial charge in [-0.1, -0.05) is 60.2 Å². The molecule has 0 aliphatic heterocycles. The van der Waals surface area contributed by atoms with Crippen LogP contribution in [0.2, 0.25) is 0 Å². The first-order valence-corrected chi connectivity index (χ1v) is 11.2. The van der Waals surface area contributed by atoms with E-state index in [0.29, 0.717) is 27.2 Å². The second-order valence-corrected chi connectivity index (χ2v) is 9.17. The smallest absolute Gasteiger partial charge is 0.332 e. The number of aromatic nitrogens is 2. The van der Waals surface area contributed by atoms with Gasteiger partial charge in [0, 0.05) is 14.1 Å². The number of amides is 1. The van der Waals surface area contributed by atoms with Crippen LogP contribution in [-0.4, -0.2) is 34.0 Å². The molecule has 4 rings (SSSR count). The standard InChI is InChI=1S/C25H25N3O3S/c1-16-10-12-19(13-11-16)15-28-24-20(17(2)21(32-24)23(30)26(3)4)22(29)27(25(28)31)14-18-8-6-5-7-9-18/h5-13H,14-15H2,1-4H3. The number of hydrogen-bond acceptors (Lipinski definition) is 4. The fourth-order valence-electron chi connectivity index (χ4n) is 3.72. The van der Waals surface area contributed by atoms with Crippen LogP contribution in [0.3, 0.4) is 0 Å². The van der Waals surface area contributed by atoms with E-state index in [1.807, 2.05) is 61.5 Å². The van der Waals surface area contributed by atoms with E-state index in [4.69, 9.17) is 0 Å². The summed E-state index contributed by atoms with van der Waals surface area (Å²) in [6.07, 6.45) is 0. The SMILES string of the molecule is Cc1ccc(Cn2c(=O)n(Cc3ccccc3)c(=O)c3c(C)c(C(=O)N(C)C)sc32)cc1. The van der Waals surface area contributed by atoms with Gasteiger partial charge in [0.1, 0.15) is 4.83 Å². The maximum Gasteiger partial charge on any atom is 0.332 e. The molecule has 0 radical (unpaired) electrons. The molecule has 0 atom stereocenters. The predicted octanol–water partition coefficient (Wildman–Crippen LogP) is 3.64. The minimum absolute atomic E-state index is 0.174. The fraction of sp³-hybridized carbons (Fsp3) is 0.240. The third-order valence-corrected chi connectivity index (χ3v) is 6.84. The topological polar surface area (TPSA) is 64.3 Å². The van der Waals surface area contributed by atoms with Gasteiger partial charge in [-0.15, -0.1) is 11.3 Å². The normalized spacial score (nSPS) is 11.1. The average Bonchev–Trinajstić information content (AvgIpc) is 3.12. The number of carbonyl (C=O) groups excluding carboxylic acids is 1. The summed E-state index contributed by atoms with van der Waals surface area (Å²) in [5, 5.41) is 0.433. The van der Waals surface area contributed by atoms with Gasteiger partial charge in [-0.3, -0.25) is 18.7 Å². The number of aryl methyl sites for hydroxylation is 2. The van der Waals surface area contributed by atoms with E-state index in [1.54, 1.807) is 25.6 Å². The highest BCUT2D eigenvalue weighted by Crippen LogP contribution is 2.29. The predicted molar refractivity (Wildman–Crippen MR) is 129 cm³/mol. The van der Waals surface area contributed by atoms with Crippen LogP contribution < -0.4 is 11.2 Å². The van der Waals surface area contributed by atoms with Crippen LogP contribution in [0.15, 0.2) is 64.2 Å². The zero-order valence-electron chi connectivity index (χ0n) is 18.6. The molecule has 0 spiro atoms. The highest BCUT2D eigenvalue weighted by molar-refractivity contribution is 7.20. The summed E-state index contributed by atoms with van der Waals surface area (Å²) in [5.74, 6) is -0.174. The number of benzene rings is 2. The Bertz CT molecular complexity index is 1410. The first kappa shape index (κ1) is 21.8. The second kappa shape index (κ2) is 8.59. The number of thiophene rings is 1. The maximum absolute atomic E-state index is 13.5. The molecule has 0 bridgehead atoms. The number of rotatable bonds is 5. The summed E-state index contributed by atoms with van der Waals surface area (Å²) in [4.78, 5) is 42.3. The molecule has 2 aromatic carbocycles. The summed E-state index contributed by atoms with van der Waals surface area (Å²) >= 11 is 1.21. The zero-order chi connectivity index (χ0) is 23.0. The highest BCUT2D eigenvalue weighted by atomic mass is 32.1. The Balaban J connectivity index is 1.98. The molecule has 2 aromatic heterocycles. The summed E-state index contributed by atoms with van der Waals surface area (Å²) in [7, 11) is 3.36. The Morgan fingerprint density at radius 3 is 2.09 bits per heavy atom. The number of carbonyl (C=O) groups is 1. The Morgan fingerprint density at radius 2 is 1.47 bits per heavy atom.